The van der Waals surface area contributed by atoms with Gasteiger partial charge in [-0.2, -0.15) is 0 Å². The van der Waals surface area contributed by atoms with Crippen LogP contribution in [0.2, 0.25) is 5.15 Å². The second-order valence-electron chi connectivity index (χ2n) is 6.73. The van der Waals surface area contributed by atoms with E-state index in [0.717, 1.165) is 0 Å². The highest BCUT2D eigenvalue weighted by Crippen LogP contribution is 2.23. The summed E-state index contributed by atoms with van der Waals surface area (Å²) in [5.74, 6) is -1.03. The van der Waals surface area contributed by atoms with Crippen molar-refractivity contribution in [2.24, 2.45) is 0 Å². The number of nitrogens with one attached hydrogen (secondary N) is 1. The molecule has 1 amide bonds. The van der Waals surface area contributed by atoms with Gasteiger partial charge < -0.3 is 10.1 Å². The van der Waals surface area contributed by atoms with Crippen molar-refractivity contribution in [3.8, 4) is 0 Å². The smallest absolute Gasteiger partial charge is 0.340 e. The predicted octanol–water partition coefficient (Wildman–Crippen LogP) is 4.22. The maximum Gasteiger partial charge on any atom is 0.340 e. The topological polar surface area (TPSA) is 68.3 Å². The van der Waals surface area contributed by atoms with Crippen molar-refractivity contribution < 1.29 is 14.3 Å². The van der Waals surface area contributed by atoms with E-state index in [1.807, 2.05) is 24.3 Å². The van der Waals surface area contributed by atoms with Gasteiger partial charge in [0.1, 0.15) is 5.15 Å². The molecule has 1 aromatic carbocycles. The molecule has 25 heavy (non-hydrogen) atoms. The first-order chi connectivity index (χ1) is 11.7. The van der Waals surface area contributed by atoms with Gasteiger partial charge in [-0.25, -0.2) is 9.78 Å². The number of nitrogens with zero attached hydrogens (tertiary/aromatic N) is 1. The number of pyridine rings is 1. The van der Waals surface area contributed by atoms with Crippen LogP contribution in [-0.4, -0.2) is 23.0 Å². The summed E-state index contributed by atoms with van der Waals surface area (Å²) in [4.78, 5) is 28.0. The van der Waals surface area contributed by atoms with Crippen LogP contribution in [0.1, 0.15) is 43.6 Å². The molecule has 1 aromatic heterocycles. The molecule has 0 saturated heterocycles. The lowest BCUT2D eigenvalue weighted by molar-refractivity contribution is -0.123. The molecule has 0 aliphatic heterocycles. The largest absolute Gasteiger partial charge is 0.449 e. The summed E-state index contributed by atoms with van der Waals surface area (Å²) in [6.45, 7) is 7.87. The van der Waals surface area contributed by atoms with E-state index in [1.54, 1.807) is 0 Å². The van der Waals surface area contributed by atoms with Gasteiger partial charge in [0.2, 0.25) is 0 Å². The molecule has 0 fully saturated rings. The standard InChI is InChI=1S/C19H21ClN2O3/c1-12(25-18(24)13-5-10-16(20)21-11-13)17(23)22-15-8-6-14(7-9-15)19(2,3)4/h5-12H,1-4H3,(H,22,23)/t12-/m1/s1. The summed E-state index contributed by atoms with van der Waals surface area (Å²) in [5.41, 5.74) is 2.09. The number of ether oxygens (including phenoxy) is 1. The maximum absolute atomic E-state index is 12.2. The number of anilines is 1. The molecule has 6 heteroatoms. The van der Waals surface area contributed by atoms with Crippen molar-refractivity contribution in [2.45, 2.75) is 39.2 Å². The van der Waals surface area contributed by atoms with Crippen molar-refractivity contribution in [1.29, 1.82) is 0 Å². The van der Waals surface area contributed by atoms with E-state index < -0.39 is 18.0 Å². The number of carbonyl (C=O) groups is 2. The molecule has 0 aliphatic rings. The number of rotatable bonds is 4. The minimum absolute atomic E-state index is 0.0397. The van der Waals surface area contributed by atoms with Gasteiger partial charge in [-0.1, -0.05) is 44.5 Å². The maximum atomic E-state index is 12.2. The fourth-order valence-corrected chi connectivity index (χ4v) is 2.19. The lowest BCUT2D eigenvalue weighted by Gasteiger charge is -2.19. The highest BCUT2D eigenvalue weighted by Gasteiger charge is 2.20. The quantitative estimate of drug-likeness (QED) is 0.654. The molecule has 2 aromatic rings. The first-order valence-corrected chi connectivity index (χ1v) is 8.28. The second-order valence-corrected chi connectivity index (χ2v) is 7.12. The zero-order valence-electron chi connectivity index (χ0n) is 14.7. The first-order valence-electron chi connectivity index (χ1n) is 7.91. The minimum Gasteiger partial charge on any atom is -0.449 e. The molecule has 0 radical (unpaired) electrons. The van der Waals surface area contributed by atoms with Crippen molar-refractivity contribution in [3.63, 3.8) is 0 Å². The van der Waals surface area contributed by atoms with Crippen LogP contribution in [0, 0.1) is 0 Å². The van der Waals surface area contributed by atoms with E-state index in [1.165, 1.54) is 30.8 Å². The van der Waals surface area contributed by atoms with E-state index in [9.17, 15) is 9.59 Å². The Morgan fingerprint density at radius 2 is 1.76 bits per heavy atom. The first kappa shape index (κ1) is 18.9. The van der Waals surface area contributed by atoms with Crippen LogP contribution in [0.5, 0.6) is 0 Å². The molecule has 2 rings (SSSR count). The van der Waals surface area contributed by atoms with E-state index in [0.29, 0.717) is 5.69 Å². The van der Waals surface area contributed by atoms with Gasteiger partial charge in [-0.05, 0) is 42.2 Å². The molecule has 0 saturated carbocycles. The average Bonchev–Trinajstić information content (AvgIpc) is 2.55. The van der Waals surface area contributed by atoms with Crippen LogP contribution < -0.4 is 5.32 Å². The van der Waals surface area contributed by atoms with Gasteiger partial charge in [0.15, 0.2) is 6.10 Å². The molecule has 1 atom stereocenters. The van der Waals surface area contributed by atoms with Crippen molar-refractivity contribution in [1.82, 2.24) is 4.98 Å². The summed E-state index contributed by atoms with van der Waals surface area (Å²) in [7, 11) is 0. The Balaban J connectivity index is 1.95. The minimum atomic E-state index is -0.939. The van der Waals surface area contributed by atoms with E-state index in [2.05, 4.69) is 31.1 Å². The fourth-order valence-electron chi connectivity index (χ4n) is 2.08. The highest BCUT2D eigenvalue weighted by atomic mass is 35.5. The third-order valence-corrected chi connectivity index (χ3v) is 3.86. The Bertz CT molecular complexity index is 750. The molecule has 132 valence electrons. The SMILES string of the molecule is C[C@@H](OC(=O)c1ccc(Cl)nc1)C(=O)Nc1ccc(C(C)(C)C)cc1. The number of carbonyl (C=O) groups excluding carboxylic acids is 2. The molecule has 5 nitrogen and oxygen atoms in total. The molecule has 1 N–H and O–H groups in total. The summed E-state index contributed by atoms with van der Waals surface area (Å²) in [6.07, 6.45) is 0.367. The number of hydrogen-bond donors (Lipinski definition) is 1. The average molecular weight is 361 g/mol. The lowest BCUT2D eigenvalue weighted by atomic mass is 9.87. The summed E-state index contributed by atoms with van der Waals surface area (Å²) >= 11 is 5.67. The Morgan fingerprint density at radius 1 is 1.12 bits per heavy atom. The number of esters is 1. The summed E-state index contributed by atoms with van der Waals surface area (Å²) in [5, 5.41) is 3.01. The third kappa shape index (κ3) is 5.29. The molecular weight excluding hydrogens is 340 g/mol. The van der Waals surface area contributed by atoms with Gasteiger partial charge in [0.05, 0.1) is 5.56 Å². The Morgan fingerprint density at radius 3 is 2.28 bits per heavy atom. The monoisotopic (exact) mass is 360 g/mol. The number of aromatic nitrogens is 1. The third-order valence-electron chi connectivity index (χ3n) is 3.63. The number of hydrogen-bond acceptors (Lipinski definition) is 4. The van der Waals surface area contributed by atoms with Crippen LogP contribution in [0.3, 0.4) is 0 Å². The molecule has 0 aliphatic carbocycles. The van der Waals surface area contributed by atoms with Crippen molar-refractivity contribution in [3.05, 3.63) is 58.9 Å². The number of amides is 1. The van der Waals surface area contributed by atoms with Gasteiger partial charge in [-0.3, -0.25) is 4.79 Å². The summed E-state index contributed by atoms with van der Waals surface area (Å²) < 4.78 is 5.15. The Hall–Kier alpha value is -2.40. The van der Waals surface area contributed by atoms with Gasteiger partial charge in [0, 0.05) is 11.9 Å². The highest BCUT2D eigenvalue weighted by molar-refractivity contribution is 6.29. The molecule has 0 spiro atoms. The fraction of sp³-hybridized carbons (Fsp3) is 0.316. The van der Waals surface area contributed by atoms with Crippen LogP contribution in [0.4, 0.5) is 5.69 Å². The van der Waals surface area contributed by atoms with Crippen molar-refractivity contribution >= 4 is 29.2 Å². The summed E-state index contributed by atoms with van der Waals surface area (Å²) in [6, 6.07) is 10.6. The number of benzene rings is 1. The molecule has 1 heterocycles. The van der Waals surface area contributed by atoms with Crippen LogP contribution in [-0.2, 0) is 14.9 Å². The van der Waals surface area contributed by atoms with Gasteiger partial charge in [0.25, 0.3) is 5.91 Å². The molecular formula is C19H21ClN2O3. The van der Waals surface area contributed by atoms with Crippen molar-refractivity contribution in [2.75, 3.05) is 5.32 Å². The number of halogens is 1. The van der Waals surface area contributed by atoms with Crippen LogP contribution in [0.15, 0.2) is 42.6 Å². The second kappa shape index (κ2) is 7.66. The van der Waals surface area contributed by atoms with E-state index in [-0.39, 0.29) is 16.1 Å². The Kier molecular flexibility index (Phi) is 5.80. The van der Waals surface area contributed by atoms with Crippen LogP contribution >= 0.6 is 11.6 Å². The Labute approximate surface area is 152 Å². The van der Waals surface area contributed by atoms with Gasteiger partial charge in [-0.15, -0.1) is 0 Å². The normalized spacial score (nSPS) is 12.4. The van der Waals surface area contributed by atoms with E-state index in [4.69, 9.17) is 16.3 Å². The van der Waals surface area contributed by atoms with Gasteiger partial charge >= 0.3 is 5.97 Å². The van der Waals surface area contributed by atoms with E-state index >= 15 is 0 Å². The predicted molar refractivity (Wildman–Crippen MR) is 97.9 cm³/mol. The lowest BCUT2D eigenvalue weighted by Crippen LogP contribution is -2.30. The zero-order valence-corrected chi connectivity index (χ0v) is 15.4. The zero-order chi connectivity index (χ0) is 18.6. The molecule has 0 bridgehead atoms. The molecule has 0 unspecified atom stereocenters. The van der Waals surface area contributed by atoms with Crippen LogP contribution in [0.25, 0.3) is 0 Å².